The molecule has 1 aliphatic carbocycles. The number of rotatable bonds is 12. The van der Waals surface area contributed by atoms with Gasteiger partial charge in [-0.25, -0.2) is 4.79 Å². The zero-order valence-corrected chi connectivity index (χ0v) is 24.6. The van der Waals surface area contributed by atoms with Gasteiger partial charge in [0.05, 0.1) is 11.5 Å². The third-order valence-electron chi connectivity index (χ3n) is 8.30. The van der Waals surface area contributed by atoms with Gasteiger partial charge in [0.2, 0.25) is 5.91 Å². The molecule has 5 N–H and O–H groups in total. The number of carboxylic acid groups (broad SMARTS) is 1. The number of amides is 1. The maximum Gasteiger partial charge on any atom is 0.547 e. The fourth-order valence-electron chi connectivity index (χ4n) is 4.90. The summed E-state index contributed by atoms with van der Waals surface area (Å²) in [6.45, 7) is 14.8. The van der Waals surface area contributed by atoms with Crippen molar-refractivity contribution in [3.8, 4) is 5.75 Å². The Bertz CT molecular complexity index is 949. The first-order valence-electron chi connectivity index (χ1n) is 13.9. The van der Waals surface area contributed by atoms with Crippen molar-refractivity contribution in [3.63, 3.8) is 0 Å². The molecule has 11 heteroatoms. The van der Waals surface area contributed by atoms with Crippen molar-refractivity contribution in [2.24, 2.45) is 5.92 Å². The van der Waals surface area contributed by atoms with Crippen molar-refractivity contribution in [1.29, 1.82) is 0 Å². The molecule has 0 aromatic heterocycles. The third-order valence-corrected chi connectivity index (χ3v) is 12.8. The molecule has 0 bridgehead atoms. The first kappa shape index (κ1) is 30.6. The Morgan fingerprint density at radius 1 is 1.13 bits per heavy atom. The van der Waals surface area contributed by atoms with Crippen LogP contribution in [0.1, 0.15) is 68.8 Å². The van der Waals surface area contributed by atoms with Gasteiger partial charge in [0.1, 0.15) is 5.75 Å². The van der Waals surface area contributed by atoms with Gasteiger partial charge in [0.25, 0.3) is 0 Å². The number of carbonyl (C=O) groups is 2. The van der Waals surface area contributed by atoms with Crippen LogP contribution in [0, 0.1) is 5.92 Å². The number of carbonyl (C=O) groups excluding carboxylic acids is 1. The van der Waals surface area contributed by atoms with Crippen LogP contribution in [0.25, 0.3) is 0 Å². The van der Waals surface area contributed by atoms with Crippen LogP contribution in [-0.4, -0.2) is 75.7 Å². The molecule has 2 aliphatic rings. The van der Waals surface area contributed by atoms with Gasteiger partial charge < -0.3 is 35.2 Å². The topological polar surface area (TPSA) is 129 Å². The molecule has 1 amide bonds. The monoisotopic (exact) mass is 547 g/mol. The molecular weight excluding hydrogens is 501 g/mol. The number of aromatic carboxylic acids is 1. The minimum Gasteiger partial charge on any atom is -0.534 e. The lowest BCUT2D eigenvalue weighted by Gasteiger charge is -2.36. The van der Waals surface area contributed by atoms with E-state index in [9.17, 15) is 19.7 Å². The molecule has 3 rings (SSSR count). The Balaban J connectivity index is 1.29. The van der Waals surface area contributed by atoms with E-state index >= 15 is 0 Å². The lowest BCUT2D eigenvalue weighted by atomic mass is 9.72. The Morgan fingerprint density at radius 3 is 2.50 bits per heavy atom. The summed E-state index contributed by atoms with van der Waals surface area (Å²) in [5.74, 6) is -1.30. The molecule has 1 aromatic rings. The van der Waals surface area contributed by atoms with Crippen LogP contribution in [-0.2, 0) is 15.6 Å². The van der Waals surface area contributed by atoms with Gasteiger partial charge in [0, 0.05) is 38.7 Å². The van der Waals surface area contributed by atoms with Crippen molar-refractivity contribution in [3.05, 3.63) is 29.3 Å². The first-order chi connectivity index (χ1) is 17.9. The van der Waals surface area contributed by atoms with E-state index in [-0.39, 0.29) is 22.3 Å². The number of carboxylic acids is 1. The van der Waals surface area contributed by atoms with Crippen molar-refractivity contribution >= 4 is 27.3 Å². The van der Waals surface area contributed by atoms with E-state index in [1.54, 1.807) is 12.1 Å². The minimum atomic E-state index is -1.68. The smallest absolute Gasteiger partial charge is 0.534 e. The zero-order chi connectivity index (χ0) is 27.9. The van der Waals surface area contributed by atoms with Gasteiger partial charge in [-0.05, 0) is 67.8 Å². The van der Waals surface area contributed by atoms with E-state index in [1.165, 1.54) is 6.07 Å². The molecular formula is C27H46BN3O6Si. The Labute approximate surface area is 228 Å². The quantitative estimate of drug-likeness (QED) is 0.200. The van der Waals surface area contributed by atoms with E-state index in [1.807, 2.05) is 0 Å². The molecule has 0 unspecified atom stereocenters. The summed E-state index contributed by atoms with van der Waals surface area (Å²) in [5, 5.41) is 29.9. The van der Waals surface area contributed by atoms with Crippen LogP contribution in [0.5, 0.6) is 5.75 Å². The highest BCUT2D eigenvalue weighted by molar-refractivity contribution is 6.74. The van der Waals surface area contributed by atoms with Crippen molar-refractivity contribution in [1.82, 2.24) is 16.0 Å². The summed E-state index contributed by atoms with van der Waals surface area (Å²) in [5.41, 5.74) is 0.688. The molecule has 1 atom stereocenters. The van der Waals surface area contributed by atoms with Crippen LogP contribution >= 0.6 is 0 Å². The SMILES string of the molecule is CC(C)(C)[Si](C)(C)OCCNCCNC1CCC(CC(=O)N[C@H]2Cc3cccc(C(=O)O)c3OB2O)CC1. The first-order valence-corrected chi connectivity index (χ1v) is 16.9. The molecule has 1 aromatic carbocycles. The summed E-state index contributed by atoms with van der Waals surface area (Å²) < 4.78 is 11.7. The van der Waals surface area contributed by atoms with E-state index in [0.717, 1.165) is 51.9 Å². The van der Waals surface area contributed by atoms with Gasteiger partial charge in [-0.2, -0.15) is 0 Å². The molecule has 0 spiro atoms. The third kappa shape index (κ3) is 8.54. The molecule has 1 saturated carbocycles. The molecule has 38 heavy (non-hydrogen) atoms. The Hall–Kier alpha value is -1.92. The van der Waals surface area contributed by atoms with Crippen LogP contribution in [0.4, 0.5) is 0 Å². The summed E-state index contributed by atoms with van der Waals surface area (Å²) in [4.78, 5) is 24.1. The maximum atomic E-state index is 12.7. The molecule has 212 valence electrons. The normalized spacial score (nSPS) is 21.9. The molecule has 1 aliphatic heterocycles. The van der Waals surface area contributed by atoms with Crippen molar-refractivity contribution in [2.45, 2.75) is 89.4 Å². The predicted molar refractivity (Wildman–Crippen MR) is 152 cm³/mol. The van der Waals surface area contributed by atoms with Crippen LogP contribution in [0.2, 0.25) is 18.1 Å². The highest BCUT2D eigenvalue weighted by Gasteiger charge is 2.38. The molecule has 1 fully saturated rings. The number of para-hydroxylation sites is 1. The summed E-state index contributed by atoms with van der Waals surface area (Å²) in [6.07, 6.45) is 4.84. The van der Waals surface area contributed by atoms with Gasteiger partial charge in [-0.15, -0.1) is 0 Å². The van der Waals surface area contributed by atoms with E-state index < -0.39 is 27.3 Å². The predicted octanol–water partition coefficient (Wildman–Crippen LogP) is 2.97. The highest BCUT2D eigenvalue weighted by Crippen LogP contribution is 2.36. The molecule has 1 heterocycles. The van der Waals surface area contributed by atoms with E-state index in [2.05, 4.69) is 49.8 Å². The Kier molecular flexibility index (Phi) is 10.8. The fraction of sp³-hybridized carbons (Fsp3) is 0.704. The highest BCUT2D eigenvalue weighted by atomic mass is 28.4. The molecule has 0 saturated heterocycles. The van der Waals surface area contributed by atoms with Gasteiger partial charge in [0.15, 0.2) is 8.32 Å². The van der Waals surface area contributed by atoms with E-state index in [4.69, 9.17) is 9.08 Å². The number of nitrogens with one attached hydrogen (secondary N) is 3. The molecule has 9 nitrogen and oxygen atoms in total. The second-order valence-electron chi connectivity index (χ2n) is 12.2. The van der Waals surface area contributed by atoms with Gasteiger partial charge in [-0.3, -0.25) is 4.79 Å². The second-order valence-corrected chi connectivity index (χ2v) is 17.0. The lowest BCUT2D eigenvalue weighted by molar-refractivity contribution is -0.122. The van der Waals surface area contributed by atoms with Gasteiger partial charge >= 0.3 is 13.1 Å². The largest absolute Gasteiger partial charge is 0.547 e. The molecule has 0 radical (unpaired) electrons. The number of benzene rings is 1. The second kappa shape index (κ2) is 13.4. The summed E-state index contributed by atoms with van der Waals surface area (Å²) in [7, 11) is -2.96. The lowest BCUT2D eigenvalue weighted by Crippen LogP contribution is -2.53. The van der Waals surface area contributed by atoms with E-state index in [0.29, 0.717) is 30.4 Å². The maximum absolute atomic E-state index is 12.7. The standard InChI is InChI=1S/C27H46BN3O6Si/c1-27(2,3)38(4,5)36-16-15-29-13-14-30-21-11-9-19(10-12-21)17-24(32)31-23-18-20-7-6-8-22(26(33)34)25(20)37-28(23)35/h6-8,19,21,23,29-30,35H,9-18H2,1-5H3,(H,31,32)(H,33,34)/t19?,21?,23-/m0/s1. The van der Waals surface area contributed by atoms with Crippen LogP contribution in [0.3, 0.4) is 0 Å². The van der Waals surface area contributed by atoms with Crippen LogP contribution < -0.4 is 20.6 Å². The van der Waals surface area contributed by atoms with Crippen molar-refractivity contribution in [2.75, 3.05) is 26.2 Å². The number of fused-ring (bicyclic) bond motifs is 1. The van der Waals surface area contributed by atoms with Gasteiger partial charge in [-0.1, -0.05) is 32.9 Å². The van der Waals surface area contributed by atoms with Crippen LogP contribution in [0.15, 0.2) is 18.2 Å². The number of hydrogen-bond acceptors (Lipinski definition) is 7. The number of hydrogen-bond donors (Lipinski definition) is 5. The zero-order valence-electron chi connectivity index (χ0n) is 23.6. The summed E-state index contributed by atoms with van der Waals surface area (Å²) in [6, 6.07) is 5.34. The minimum absolute atomic E-state index is 0.0168. The Morgan fingerprint density at radius 2 is 1.84 bits per heavy atom. The average molecular weight is 548 g/mol. The van der Waals surface area contributed by atoms with Crippen molar-refractivity contribution < 1.29 is 28.8 Å². The average Bonchev–Trinajstić information content (AvgIpc) is 2.83. The fourth-order valence-corrected chi connectivity index (χ4v) is 5.94. The summed E-state index contributed by atoms with van der Waals surface area (Å²) >= 11 is 0.